The van der Waals surface area contributed by atoms with Crippen molar-refractivity contribution in [2.45, 2.75) is 145 Å². The van der Waals surface area contributed by atoms with E-state index >= 15 is 0 Å². The third-order valence-electron chi connectivity index (χ3n) is 9.27. The van der Waals surface area contributed by atoms with Gasteiger partial charge in [0.25, 0.3) is 5.60 Å². The van der Waals surface area contributed by atoms with Gasteiger partial charge in [-0.2, -0.15) is 39.5 Å². The maximum absolute atomic E-state index is 13.8. The molecular weight excluding hydrogens is 707 g/mol. The number of fused-ring (bicyclic) bond motifs is 1. The first-order chi connectivity index (χ1) is 22.2. The van der Waals surface area contributed by atoms with Gasteiger partial charge in [-0.3, -0.25) is 9.59 Å². The Hall–Kier alpha value is -2.68. The van der Waals surface area contributed by atoms with E-state index in [1.807, 2.05) is 0 Å². The molecule has 0 spiro atoms. The second kappa shape index (κ2) is 13.1. The molecule has 0 aliphatic carbocycles. The van der Waals surface area contributed by atoms with Crippen molar-refractivity contribution >= 4 is 17.9 Å². The molecule has 288 valence electrons. The van der Waals surface area contributed by atoms with Crippen LogP contribution in [0.1, 0.15) is 61.8 Å². The number of ether oxygens (including phenoxy) is 6. The predicted octanol–water partition coefficient (Wildman–Crippen LogP) is 4.25. The van der Waals surface area contributed by atoms with E-state index in [0.29, 0.717) is 6.92 Å². The van der Waals surface area contributed by atoms with Gasteiger partial charge in [-0.15, -0.1) is 0 Å². The third kappa shape index (κ3) is 7.45. The molecule has 0 amide bonds. The van der Waals surface area contributed by atoms with Crippen molar-refractivity contribution in [2.75, 3.05) is 0 Å². The summed E-state index contributed by atoms with van der Waals surface area (Å²) in [7, 11) is 0. The summed E-state index contributed by atoms with van der Waals surface area (Å²) in [4.78, 5) is 38.9. The Kier molecular flexibility index (Phi) is 10.9. The smallest absolute Gasteiger partial charge is 0.428 e. The molecule has 3 aliphatic rings. The number of esters is 3. The van der Waals surface area contributed by atoms with Crippen LogP contribution in [-0.2, 0) is 42.8 Å². The number of rotatable bonds is 13. The van der Waals surface area contributed by atoms with Crippen molar-refractivity contribution in [3.63, 3.8) is 0 Å². The molecule has 0 saturated carbocycles. The molecule has 50 heavy (non-hydrogen) atoms. The Morgan fingerprint density at radius 3 is 1.82 bits per heavy atom. The minimum Gasteiger partial charge on any atom is -0.459 e. The maximum atomic E-state index is 13.8. The first-order valence-electron chi connectivity index (χ1n) is 15.1. The normalized spacial score (nSPS) is 28.8. The maximum Gasteiger partial charge on any atom is 0.428 e. The summed E-state index contributed by atoms with van der Waals surface area (Å²) in [6.07, 6.45) is -30.8. The Balaban J connectivity index is 2.01. The third-order valence-corrected chi connectivity index (χ3v) is 9.27. The topological polar surface area (TPSA) is 147 Å². The van der Waals surface area contributed by atoms with Crippen molar-refractivity contribution in [3.8, 4) is 0 Å². The summed E-state index contributed by atoms with van der Waals surface area (Å²) < 4.78 is 155. The number of halogens is 9. The summed E-state index contributed by atoms with van der Waals surface area (Å²) >= 11 is 0. The van der Waals surface area contributed by atoms with Crippen LogP contribution < -0.4 is 0 Å². The number of hydrogen-bond acceptors (Lipinski definition) is 11. The van der Waals surface area contributed by atoms with E-state index in [-0.39, 0.29) is 12.5 Å². The SMILES string of the molecule is C=C(C)C(=O)OC1C2OC(=O)C3C2OC1C3C(=O)OC(CC(C)(C)OC(C)C(C)(O)C(F)(F)F)C(C)(C)OC(C)C(O)(C(F)(F)F)C(F)(F)F. The molecule has 3 heterocycles. The number of alkyl halides is 9. The molecule has 0 radical (unpaired) electrons. The fourth-order valence-corrected chi connectivity index (χ4v) is 6.17. The van der Waals surface area contributed by atoms with E-state index in [1.165, 1.54) is 6.92 Å². The van der Waals surface area contributed by atoms with Gasteiger partial charge in [0.05, 0.1) is 11.7 Å². The Morgan fingerprint density at radius 1 is 0.840 bits per heavy atom. The van der Waals surface area contributed by atoms with Crippen LogP contribution in [0.15, 0.2) is 12.2 Å². The lowest BCUT2D eigenvalue weighted by atomic mass is 9.78. The molecule has 3 rings (SSSR count). The zero-order valence-electron chi connectivity index (χ0n) is 28.1. The highest BCUT2D eigenvalue weighted by Gasteiger charge is 2.75. The summed E-state index contributed by atoms with van der Waals surface area (Å²) in [6, 6.07) is 0. The largest absolute Gasteiger partial charge is 0.459 e. The van der Waals surface area contributed by atoms with Crippen LogP contribution in [0, 0.1) is 11.8 Å². The zero-order valence-corrected chi connectivity index (χ0v) is 28.1. The highest BCUT2D eigenvalue weighted by molar-refractivity contribution is 5.89. The molecular formula is C30H39F9O11. The van der Waals surface area contributed by atoms with Gasteiger partial charge >= 0.3 is 36.4 Å². The molecule has 2 bridgehead atoms. The summed E-state index contributed by atoms with van der Waals surface area (Å²) in [6.45, 7) is 10.3. The second-order valence-electron chi connectivity index (χ2n) is 14.1. The van der Waals surface area contributed by atoms with Crippen LogP contribution in [0.4, 0.5) is 39.5 Å². The quantitative estimate of drug-likeness (QED) is 0.121. The molecule has 3 fully saturated rings. The van der Waals surface area contributed by atoms with Gasteiger partial charge < -0.3 is 38.6 Å². The molecule has 3 aliphatic heterocycles. The highest BCUT2D eigenvalue weighted by atomic mass is 19.4. The van der Waals surface area contributed by atoms with Crippen molar-refractivity contribution in [1.29, 1.82) is 0 Å². The molecule has 0 aromatic carbocycles. The lowest BCUT2D eigenvalue weighted by Crippen LogP contribution is -2.66. The molecule has 2 N–H and O–H groups in total. The van der Waals surface area contributed by atoms with Gasteiger partial charge in [0.15, 0.2) is 17.8 Å². The Labute approximate surface area is 280 Å². The number of carbonyl (C=O) groups excluding carboxylic acids is 3. The van der Waals surface area contributed by atoms with E-state index in [1.54, 1.807) is 0 Å². The van der Waals surface area contributed by atoms with E-state index in [4.69, 9.17) is 28.4 Å². The molecule has 20 heteroatoms. The zero-order chi connectivity index (χ0) is 39.0. The van der Waals surface area contributed by atoms with Crippen molar-refractivity contribution in [1.82, 2.24) is 0 Å². The van der Waals surface area contributed by atoms with Crippen LogP contribution >= 0.6 is 0 Å². The minimum absolute atomic E-state index is 0.0699. The van der Waals surface area contributed by atoms with Crippen LogP contribution in [0.5, 0.6) is 0 Å². The lowest BCUT2D eigenvalue weighted by Gasteiger charge is -2.45. The lowest BCUT2D eigenvalue weighted by molar-refractivity contribution is -0.400. The van der Waals surface area contributed by atoms with Gasteiger partial charge in [0, 0.05) is 12.0 Å². The average molecular weight is 747 g/mol. The Bertz CT molecular complexity index is 1320. The van der Waals surface area contributed by atoms with Crippen LogP contribution in [0.3, 0.4) is 0 Å². The van der Waals surface area contributed by atoms with Gasteiger partial charge in [-0.25, -0.2) is 4.79 Å². The van der Waals surface area contributed by atoms with E-state index in [0.717, 1.165) is 34.6 Å². The Morgan fingerprint density at radius 2 is 1.36 bits per heavy atom. The van der Waals surface area contributed by atoms with Crippen molar-refractivity contribution < 1.29 is 92.5 Å². The van der Waals surface area contributed by atoms with E-state index in [2.05, 4.69) is 6.58 Å². The molecule has 11 nitrogen and oxygen atoms in total. The van der Waals surface area contributed by atoms with Crippen LogP contribution in [0.2, 0.25) is 0 Å². The molecule has 10 atom stereocenters. The molecule has 0 aromatic rings. The highest BCUT2D eigenvalue weighted by Crippen LogP contribution is 2.52. The number of carbonyl (C=O) groups is 3. The summed E-state index contributed by atoms with van der Waals surface area (Å²) in [5.41, 5.74) is -13.3. The first-order valence-corrected chi connectivity index (χ1v) is 15.1. The molecule has 10 unspecified atom stereocenters. The average Bonchev–Trinajstić information content (AvgIpc) is 3.53. The predicted molar refractivity (Wildman–Crippen MR) is 148 cm³/mol. The molecule has 0 aromatic heterocycles. The number of hydrogen-bond donors (Lipinski definition) is 2. The summed E-state index contributed by atoms with van der Waals surface area (Å²) in [5.74, 6) is -6.21. The second-order valence-corrected chi connectivity index (χ2v) is 14.1. The van der Waals surface area contributed by atoms with Gasteiger partial charge in [-0.1, -0.05) is 6.58 Å². The van der Waals surface area contributed by atoms with Gasteiger partial charge in [-0.05, 0) is 55.4 Å². The number of aliphatic hydroxyl groups is 2. The monoisotopic (exact) mass is 746 g/mol. The van der Waals surface area contributed by atoms with Crippen LogP contribution in [-0.4, -0.2) is 112 Å². The van der Waals surface area contributed by atoms with Gasteiger partial charge in [0.1, 0.15) is 41.9 Å². The van der Waals surface area contributed by atoms with Gasteiger partial charge in [0.2, 0.25) is 0 Å². The standard InChI is InChI=1S/C30H39F9O11/c1-11(2)21(40)47-19-17-15(16-18(46-17)20(19)48-23(16)42)22(41)45-14(10-24(5,6)49-12(3)26(9,43)28(31,32)33)25(7,8)50-13(4)27(44,29(34,35)36)30(37,38)39/h12-20,43-44H,1,10H2,2-9H3. The van der Waals surface area contributed by atoms with Crippen LogP contribution in [0.25, 0.3) is 0 Å². The van der Waals surface area contributed by atoms with E-state index in [9.17, 15) is 64.1 Å². The summed E-state index contributed by atoms with van der Waals surface area (Å²) in [5, 5.41) is 20.0. The van der Waals surface area contributed by atoms with E-state index < -0.39 is 120 Å². The minimum atomic E-state index is -6.33. The fourth-order valence-electron chi connectivity index (χ4n) is 6.17. The molecule has 3 saturated heterocycles. The fraction of sp³-hybridized carbons (Fsp3) is 0.833. The first kappa shape index (κ1) is 41.7. The van der Waals surface area contributed by atoms with Crippen molar-refractivity contribution in [3.05, 3.63) is 12.2 Å². The van der Waals surface area contributed by atoms with Crippen molar-refractivity contribution in [2.24, 2.45) is 11.8 Å².